The van der Waals surface area contributed by atoms with Crippen molar-refractivity contribution in [2.45, 2.75) is 52.8 Å². The lowest BCUT2D eigenvalue weighted by Gasteiger charge is -2.44. The fraction of sp³-hybridized carbons (Fsp3) is 0.750. The van der Waals surface area contributed by atoms with E-state index in [2.05, 4.69) is 10.4 Å². The van der Waals surface area contributed by atoms with Crippen LogP contribution in [0, 0.1) is 11.3 Å². The van der Waals surface area contributed by atoms with Crippen molar-refractivity contribution in [2.75, 3.05) is 18.4 Å². The number of carbonyl (C=O) groups is 1. The summed E-state index contributed by atoms with van der Waals surface area (Å²) in [6, 6.07) is -0.392. The normalized spacial score (nSPS) is 21.7. The van der Waals surface area contributed by atoms with E-state index in [1.165, 1.54) is 11.1 Å². The van der Waals surface area contributed by atoms with Crippen molar-refractivity contribution in [1.29, 1.82) is 0 Å². The number of rotatable bonds is 1. The lowest BCUT2D eigenvalue weighted by atomic mass is 9.73. The van der Waals surface area contributed by atoms with Crippen LogP contribution in [0.3, 0.4) is 0 Å². The molecule has 1 aliphatic heterocycles. The molecule has 1 atom stereocenters. The molecule has 1 aromatic rings. The van der Waals surface area contributed by atoms with Gasteiger partial charge in [-0.25, -0.2) is 4.79 Å². The third kappa shape index (κ3) is 4.02. The Balaban J connectivity index is 2.03. The number of aromatic nitrogens is 2. The van der Waals surface area contributed by atoms with Gasteiger partial charge in [0.2, 0.25) is 0 Å². The molecular formula is C16H25F3N4O. The van der Waals surface area contributed by atoms with Gasteiger partial charge in [0.15, 0.2) is 0 Å². The number of alkyl halides is 3. The zero-order valence-corrected chi connectivity index (χ0v) is 14.7. The second kappa shape index (κ2) is 5.97. The van der Waals surface area contributed by atoms with Gasteiger partial charge in [-0.3, -0.25) is 4.68 Å². The van der Waals surface area contributed by atoms with Gasteiger partial charge in [0, 0.05) is 19.3 Å². The van der Waals surface area contributed by atoms with Gasteiger partial charge in [-0.15, -0.1) is 0 Å². The van der Waals surface area contributed by atoms with E-state index < -0.39 is 23.5 Å². The number of nitrogens with zero attached hydrogens (tertiary/aromatic N) is 3. The lowest BCUT2D eigenvalue weighted by molar-refractivity contribution is -0.214. The van der Waals surface area contributed by atoms with E-state index in [1.807, 2.05) is 20.8 Å². The molecule has 1 N–H and O–H groups in total. The van der Waals surface area contributed by atoms with Crippen LogP contribution in [0.15, 0.2) is 12.4 Å². The molecule has 1 fully saturated rings. The first kappa shape index (κ1) is 18.6. The molecule has 5 nitrogen and oxygen atoms in total. The predicted molar refractivity (Wildman–Crippen MR) is 85.8 cm³/mol. The monoisotopic (exact) mass is 346 g/mol. The van der Waals surface area contributed by atoms with Crippen molar-refractivity contribution >= 4 is 11.7 Å². The van der Waals surface area contributed by atoms with Crippen LogP contribution in [0.4, 0.5) is 23.7 Å². The Morgan fingerprint density at radius 3 is 2.42 bits per heavy atom. The average Bonchev–Trinajstić information content (AvgIpc) is 2.84. The number of urea groups is 1. The molecule has 0 saturated carbocycles. The van der Waals surface area contributed by atoms with Gasteiger partial charge in [0.1, 0.15) is 0 Å². The molecular weight excluding hydrogens is 321 g/mol. The van der Waals surface area contributed by atoms with E-state index in [0.29, 0.717) is 5.69 Å². The smallest absolute Gasteiger partial charge is 0.324 e. The van der Waals surface area contributed by atoms with Crippen LogP contribution in [0.2, 0.25) is 0 Å². The van der Waals surface area contributed by atoms with Crippen molar-refractivity contribution in [3.05, 3.63) is 12.4 Å². The summed E-state index contributed by atoms with van der Waals surface area (Å²) in [6.07, 6.45) is -1.06. The maximum Gasteiger partial charge on any atom is 0.392 e. The van der Waals surface area contributed by atoms with Gasteiger partial charge in [-0.1, -0.05) is 13.8 Å². The third-order valence-corrected chi connectivity index (χ3v) is 4.43. The molecule has 0 radical (unpaired) electrons. The summed E-state index contributed by atoms with van der Waals surface area (Å²) in [5.74, 6) is -1.39. The van der Waals surface area contributed by atoms with Gasteiger partial charge < -0.3 is 10.2 Å². The zero-order valence-electron chi connectivity index (χ0n) is 14.7. The molecule has 0 aliphatic carbocycles. The maximum absolute atomic E-state index is 13.1. The number of nitrogens with one attached hydrogen (secondary N) is 1. The maximum atomic E-state index is 13.1. The number of hydrogen-bond donors (Lipinski definition) is 1. The van der Waals surface area contributed by atoms with Crippen LogP contribution in [-0.2, 0) is 5.54 Å². The topological polar surface area (TPSA) is 50.2 Å². The highest BCUT2D eigenvalue weighted by Gasteiger charge is 2.51. The van der Waals surface area contributed by atoms with Gasteiger partial charge in [-0.05, 0) is 32.6 Å². The minimum atomic E-state index is -4.24. The number of carbonyl (C=O) groups excluding carboxylic acids is 1. The molecule has 1 saturated heterocycles. The second-order valence-electron chi connectivity index (χ2n) is 8.07. The Bertz CT molecular complexity index is 601. The molecule has 136 valence electrons. The molecule has 1 aromatic heterocycles. The number of hydrogen-bond acceptors (Lipinski definition) is 2. The van der Waals surface area contributed by atoms with Gasteiger partial charge >= 0.3 is 12.2 Å². The predicted octanol–water partition coefficient (Wildman–Crippen LogP) is 4.08. The molecule has 2 rings (SSSR count). The fourth-order valence-corrected chi connectivity index (χ4v) is 3.09. The van der Waals surface area contributed by atoms with E-state index >= 15 is 0 Å². The number of anilines is 1. The lowest BCUT2D eigenvalue weighted by Crippen LogP contribution is -2.53. The summed E-state index contributed by atoms with van der Waals surface area (Å²) in [5.41, 5.74) is -0.690. The van der Waals surface area contributed by atoms with Gasteiger partial charge in [0.05, 0.1) is 23.3 Å². The first-order valence-corrected chi connectivity index (χ1v) is 7.98. The quantitative estimate of drug-likeness (QED) is 0.833. The summed E-state index contributed by atoms with van der Waals surface area (Å²) in [6.45, 7) is 9.22. The van der Waals surface area contributed by atoms with Crippen molar-refractivity contribution < 1.29 is 18.0 Å². The van der Waals surface area contributed by atoms with Gasteiger partial charge in [0.25, 0.3) is 0 Å². The first-order valence-electron chi connectivity index (χ1n) is 7.98. The highest BCUT2D eigenvalue weighted by molar-refractivity contribution is 5.89. The van der Waals surface area contributed by atoms with Crippen molar-refractivity contribution in [3.63, 3.8) is 0 Å². The Labute approximate surface area is 140 Å². The summed E-state index contributed by atoms with van der Waals surface area (Å²) in [5, 5.41) is 6.91. The Hall–Kier alpha value is -1.73. The van der Waals surface area contributed by atoms with Crippen molar-refractivity contribution in [3.8, 4) is 0 Å². The minimum Gasteiger partial charge on any atom is -0.324 e. The standard InChI is InChI=1S/C16H25F3N4O/c1-14(2,3)23-9-11(8-20-23)21-13(24)22-7-6-12(16(17,18)19)15(4,5)10-22/h8-9,12H,6-7,10H2,1-5H3,(H,21,24)/t12-/m0/s1. The molecule has 24 heavy (non-hydrogen) atoms. The highest BCUT2D eigenvalue weighted by atomic mass is 19.4. The zero-order chi connectivity index (χ0) is 18.3. The van der Waals surface area contributed by atoms with Crippen molar-refractivity contribution in [2.24, 2.45) is 11.3 Å². The molecule has 8 heteroatoms. The summed E-state index contributed by atoms with van der Waals surface area (Å²) >= 11 is 0. The van der Waals surface area contributed by atoms with E-state index in [1.54, 1.807) is 24.7 Å². The SMILES string of the molecule is CC1(C)CN(C(=O)Nc2cnn(C(C)(C)C)c2)CC[C@@H]1C(F)(F)F. The van der Waals surface area contributed by atoms with E-state index in [0.717, 1.165) is 0 Å². The fourth-order valence-electron chi connectivity index (χ4n) is 3.09. The molecule has 0 unspecified atom stereocenters. The summed E-state index contributed by atoms with van der Waals surface area (Å²) in [7, 11) is 0. The van der Waals surface area contributed by atoms with E-state index in [4.69, 9.17) is 0 Å². The van der Waals surface area contributed by atoms with Gasteiger partial charge in [-0.2, -0.15) is 18.3 Å². The number of likely N-dealkylation sites (tertiary alicyclic amines) is 1. The van der Waals surface area contributed by atoms with Crippen molar-refractivity contribution in [1.82, 2.24) is 14.7 Å². The molecule has 0 aromatic carbocycles. The van der Waals surface area contributed by atoms with Crippen LogP contribution in [0.5, 0.6) is 0 Å². The number of halogens is 3. The Morgan fingerprint density at radius 2 is 1.96 bits per heavy atom. The second-order valence-corrected chi connectivity index (χ2v) is 8.07. The van der Waals surface area contributed by atoms with Crippen LogP contribution in [0.1, 0.15) is 41.0 Å². The van der Waals surface area contributed by atoms with Crippen LogP contribution < -0.4 is 5.32 Å². The minimum absolute atomic E-state index is 0.0659. The molecule has 0 bridgehead atoms. The number of piperidine rings is 1. The number of amides is 2. The van der Waals surface area contributed by atoms with E-state index in [9.17, 15) is 18.0 Å². The molecule has 0 spiro atoms. The van der Waals surface area contributed by atoms with Crippen LogP contribution >= 0.6 is 0 Å². The Kier molecular flexibility index (Phi) is 4.63. The highest BCUT2D eigenvalue weighted by Crippen LogP contribution is 2.45. The first-order chi connectivity index (χ1) is 10.8. The molecule has 1 aliphatic rings. The molecule has 2 heterocycles. The van der Waals surface area contributed by atoms with Crippen LogP contribution in [0.25, 0.3) is 0 Å². The van der Waals surface area contributed by atoms with Crippen LogP contribution in [-0.4, -0.2) is 40.0 Å². The Morgan fingerprint density at radius 1 is 1.33 bits per heavy atom. The summed E-state index contributed by atoms with van der Waals surface area (Å²) in [4.78, 5) is 13.8. The summed E-state index contributed by atoms with van der Waals surface area (Å²) < 4.78 is 41.0. The molecule has 2 amide bonds. The third-order valence-electron chi connectivity index (χ3n) is 4.43. The average molecular weight is 346 g/mol. The van der Waals surface area contributed by atoms with E-state index in [-0.39, 0.29) is 25.0 Å². The largest absolute Gasteiger partial charge is 0.392 e.